The van der Waals surface area contributed by atoms with E-state index in [1.165, 1.54) is 24.1 Å². The van der Waals surface area contributed by atoms with Crippen LogP contribution in [0.1, 0.15) is 25.0 Å². The van der Waals surface area contributed by atoms with E-state index in [2.05, 4.69) is 16.0 Å². The van der Waals surface area contributed by atoms with Crippen LogP contribution >= 0.6 is 0 Å². The van der Waals surface area contributed by atoms with Gasteiger partial charge >= 0.3 is 18.2 Å². The summed E-state index contributed by atoms with van der Waals surface area (Å²) >= 11 is 0. The van der Waals surface area contributed by atoms with Gasteiger partial charge in [-0.2, -0.15) is 13.2 Å². The molecule has 14 heteroatoms. The molecule has 1 aliphatic heterocycles. The first-order valence-corrected chi connectivity index (χ1v) is 14.9. The largest absolute Gasteiger partial charge is 0.497 e. The number of halogens is 3. The minimum atomic E-state index is -4.50. The van der Waals surface area contributed by atoms with Gasteiger partial charge in [-0.25, -0.2) is 9.59 Å². The van der Waals surface area contributed by atoms with E-state index >= 15 is 0 Å². The minimum absolute atomic E-state index is 0.0624. The molecule has 1 aliphatic rings. The summed E-state index contributed by atoms with van der Waals surface area (Å²) in [4.78, 5) is 42.1. The van der Waals surface area contributed by atoms with Gasteiger partial charge in [-0.05, 0) is 73.7 Å². The molecule has 0 spiro atoms. The molecule has 1 heterocycles. The summed E-state index contributed by atoms with van der Waals surface area (Å²) < 4.78 is 50.4. The zero-order valence-corrected chi connectivity index (χ0v) is 26.4. The molecular formula is C33H38F3N5O6. The molecule has 4 N–H and O–H groups in total. The van der Waals surface area contributed by atoms with Gasteiger partial charge in [0.15, 0.2) is 0 Å². The Kier molecular flexibility index (Phi) is 11.2. The predicted octanol–water partition coefficient (Wildman–Crippen LogP) is 5.67. The Morgan fingerprint density at radius 1 is 1.02 bits per heavy atom. The van der Waals surface area contributed by atoms with Crippen molar-refractivity contribution in [3.8, 4) is 11.5 Å². The lowest BCUT2D eigenvalue weighted by Crippen LogP contribution is -2.48. The molecule has 11 nitrogen and oxygen atoms in total. The van der Waals surface area contributed by atoms with Gasteiger partial charge < -0.3 is 40.3 Å². The standard InChI is InChI=1S/C33H38F3N5O6/c1-20-17-41(21(2)19-42)30(43)16-22-15-26(38-31(44)37-24-9-12-27(46-4)13-10-24)11-14-28(22)47-29(20)18-40(3)32(45)39-25-7-5-23(6-8-25)33(34,35)36/h5-15,20-21,29,42H,16-19H2,1-4H3,(H,39,45)(H2,37,38,44)/t20-,21+,29+/m0/s1. The molecule has 252 valence electrons. The number of nitrogens with one attached hydrogen (secondary N) is 3. The van der Waals surface area contributed by atoms with Gasteiger partial charge in [-0.15, -0.1) is 0 Å². The van der Waals surface area contributed by atoms with Crippen molar-refractivity contribution in [1.29, 1.82) is 0 Å². The molecule has 0 aliphatic carbocycles. The van der Waals surface area contributed by atoms with E-state index in [9.17, 15) is 32.7 Å². The van der Waals surface area contributed by atoms with Gasteiger partial charge in [0.2, 0.25) is 5.91 Å². The van der Waals surface area contributed by atoms with E-state index in [0.29, 0.717) is 28.4 Å². The average molecular weight is 658 g/mol. The number of methoxy groups -OCH3 is 1. The number of amides is 5. The monoisotopic (exact) mass is 657 g/mol. The number of hydrogen-bond donors (Lipinski definition) is 4. The number of hydrogen-bond acceptors (Lipinski definition) is 6. The highest BCUT2D eigenvalue weighted by atomic mass is 19.4. The molecule has 0 bridgehead atoms. The Balaban J connectivity index is 1.52. The summed E-state index contributed by atoms with van der Waals surface area (Å²) in [5, 5.41) is 18.0. The Labute approximate surface area is 270 Å². The second-order valence-electron chi connectivity index (χ2n) is 11.4. The SMILES string of the molecule is COc1ccc(NC(=O)Nc2ccc3c(c2)CC(=O)N([C@H](C)CO)C[C@H](C)[C@@H](CN(C)C(=O)Nc2ccc(C(F)(F)F)cc2)O3)cc1. The molecular weight excluding hydrogens is 619 g/mol. The average Bonchev–Trinajstić information content (AvgIpc) is 3.08. The Bertz CT molecular complexity index is 1550. The summed E-state index contributed by atoms with van der Waals surface area (Å²) in [6.45, 7) is 3.61. The highest BCUT2D eigenvalue weighted by Gasteiger charge is 2.32. The molecule has 0 unspecified atom stereocenters. The summed E-state index contributed by atoms with van der Waals surface area (Å²) in [5.41, 5.74) is 0.797. The molecule has 3 aromatic carbocycles. The summed E-state index contributed by atoms with van der Waals surface area (Å²) in [6.07, 6.45) is -5.20. The molecule has 0 aromatic heterocycles. The number of ether oxygens (including phenoxy) is 2. The van der Waals surface area contributed by atoms with Crippen molar-refractivity contribution in [1.82, 2.24) is 9.80 Å². The van der Waals surface area contributed by atoms with Gasteiger partial charge in [0.25, 0.3) is 0 Å². The quantitative estimate of drug-likeness (QED) is 0.247. The Morgan fingerprint density at radius 3 is 2.23 bits per heavy atom. The zero-order chi connectivity index (χ0) is 34.3. The molecule has 0 saturated heterocycles. The first-order valence-electron chi connectivity index (χ1n) is 14.9. The van der Waals surface area contributed by atoms with Gasteiger partial charge in [0.05, 0.1) is 38.3 Å². The maximum atomic E-state index is 13.5. The molecule has 3 aromatic rings. The topological polar surface area (TPSA) is 132 Å². The number of benzene rings is 3. The minimum Gasteiger partial charge on any atom is -0.497 e. The maximum absolute atomic E-state index is 13.5. The third-order valence-electron chi connectivity index (χ3n) is 7.79. The van der Waals surface area contributed by atoms with Crippen LogP contribution < -0.4 is 25.4 Å². The molecule has 0 saturated carbocycles. The summed E-state index contributed by atoms with van der Waals surface area (Å²) in [5.74, 6) is 0.457. The van der Waals surface area contributed by atoms with Crippen molar-refractivity contribution >= 4 is 35.0 Å². The van der Waals surface area contributed by atoms with E-state index < -0.39 is 35.9 Å². The fraction of sp³-hybridized carbons (Fsp3) is 0.364. The lowest BCUT2D eigenvalue weighted by molar-refractivity contribution is -0.137. The number of nitrogens with zero attached hydrogens (tertiary/aromatic N) is 2. The third kappa shape index (κ3) is 9.28. The fourth-order valence-corrected chi connectivity index (χ4v) is 5.01. The molecule has 4 rings (SSSR count). The van der Waals surface area contributed by atoms with Crippen LogP contribution in [0.5, 0.6) is 11.5 Å². The highest BCUT2D eigenvalue weighted by Crippen LogP contribution is 2.31. The zero-order valence-electron chi connectivity index (χ0n) is 26.4. The van der Waals surface area contributed by atoms with E-state index in [-0.39, 0.29) is 43.6 Å². The number of carbonyl (C=O) groups is 3. The van der Waals surface area contributed by atoms with Gasteiger partial charge in [-0.1, -0.05) is 6.92 Å². The number of carbonyl (C=O) groups excluding carboxylic acids is 3. The Morgan fingerprint density at radius 2 is 1.62 bits per heavy atom. The van der Waals surface area contributed by atoms with Gasteiger partial charge in [0.1, 0.15) is 17.6 Å². The highest BCUT2D eigenvalue weighted by molar-refractivity contribution is 6.00. The van der Waals surface area contributed by atoms with Crippen molar-refractivity contribution in [3.63, 3.8) is 0 Å². The first kappa shape index (κ1) is 34.9. The van der Waals surface area contributed by atoms with E-state index in [1.54, 1.807) is 61.4 Å². The molecule has 5 amide bonds. The van der Waals surface area contributed by atoms with E-state index in [1.807, 2.05) is 6.92 Å². The lowest BCUT2D eigenvalue weighted by atomic mass is 10.0. The molecule has 47 heavy (non-hydrogen) atoms. The number of aliphatic hydroxyl groups is 1. The maximum Gasteiger partial charge on any atom is 0.416 e. The van der Waals surface area contributed by atoms with Gasteiger partial charge in [0, 0.05) is 42.1 Å². The third-order valence-corrected chi connectivity index (χ3v) is 7.79. The second kappa shape index (κ2) is 15.1. The Hall–Kier alpha value is -4.98. The van der Waals surface area contributed by atoms with Crippen molar-refractivity contribution < 1.29 is 42.1 Å². The van der Waals surface area contributed by atoms with Crippen LogP contribution in [0, 0.1) is 5.92 Å². The molecule has 0 radical (unpaired) electrons. The summed E-state index contributed by atoms with van der Waals surface area (Å²) in [6, 6.07) is 14.2. The number of likely N-dealkylation sites (N-methyl/N-ethyl adjacent to an activating group) is 1. The van der Waals surface area contributed by atoms with E-state index in [4.69, 9.17) is 9.47 Å². The van der Waals surface area contributed by atoms with Crippen molar-refractivity contribution in [2.24, 2.45) is 5.92 Å². The summed E-state index contributed by atoms with van der Waals surface area (Å²) in [7, 11) is 3.07. The fourth-order valence-electron chi connectivity index (χ4n) is 5.01. The van der Waals surface area contributed by atoms with Crippen LogP contribution in [0.25, 0.3) is 0 Å². The van der Waals surface area contributed by atoms with Crippen molar-refractivity contribution in [3.05, 3.63) is 77.9 Å². The number of alkyl halides is 3. The number of aliphatic hydroxyl groups excluding tert-OH is 1. The molecule has 3 atom stereocenters. The number of urea groups is 2. The smallest absolute Gasteiger partial charge is 0.416 e. The number of anilines is 3. The van der Waals surface area contributed by atoms with Crippen LogP contribution in [0.3, 0.4) is 0 Å². The van der Waals surface area contributed by atoms with Crippen molar-refractivity contribution in [2.75, 3.05) is 49.8 Å². The van der Waals surface area contributed by atoms with E-state index in [0.717, 1.165) is 12.1 Å². The second-order valence-corrected chi connectivity index (χ2v) is 11.4. The molecule has 0 fully saturated rings. The van der Waals surface area contributed by atoms with Crippen LogP contribution in [0.15, 0.2) is 66.7 Å². The first-order chi connectivity index (χ1) is 22.3. The van der Waals surface area contributed by atoms with Crippen LogP contribution in [-0.4, -0.2) is 78.9 Å². The van der Waals surface area contributed by atoms with Crippen LogP contribution in [-0.2, 0) is 17.4 Å². The normalized spacial score (nSPS) is 17.2. The number of fused-ring (bicyclic) bond motifs is 1. The van der Waals surface area contributed by atoms with Gasteiger partial charge in [-0.3, -0.25) is 4.79 Å². The number of rotatable bonds is 8. The van der Waals surface area contributed by atoms with Crippen molar-refractivity contribution in [2.45, 2.75) is 38.6 Å². The van der Waals surface area contributed by atoms with Crippen LogP contribution in [0.4, 0.5) is 39.8 Å². The van der Waals surface area contributed by atoms with Crippen LogP contribution in [0.2, 0.25) is 0 Å². The predicted molar refractivity (Wildman–Crippen MR) is 171 cm³/mol. The lowest BCUT2D eigenvalue weighted by Gasteiger charge is -2.34.